The lowest BCUT2D eigenvalue weighted by atomic mass is 10.2. The number of nitrogens with zero attached hydrogens (tertiary/aromatic N) is 1. The van der Waals surface area contributed by atoms with Crippen LogP contribution in [0.4, 0.5) is 4.79 Å². The molecule has 2 N–H and O–H groups in total. The van der Waals surface area contributed by atoms with Crippen molar-refractivity contribution in [3.63, 3.8) is 0 Å². The third kappa shape index (κ3) is 1.95. The van der Waals surface area contributed by atoms with Gasteiger partial charge in [-0.3, -0.25) is 4.79 Å². The SMILES string of the molecule is NC(=O)N1CCC[C@H]1C(=O)OC=O. The molecule has 0 aromatic heterocycles. The van der Waals surface area contributed by atoms with Crippen LogP contribution in [0.15, 0.2) is 0 Å². The minimum atomic E-state index is -0.716. The summed E-state index contributed by atoms with van der Waals surface area (Å²) < 4.78 is 4.14. The van der Waals surface area contributed by atoms with Crippen molar-refractivity contribution in [3.05, 3.63) is 0 Å². The zero-order chi connectivity index (χ0) is 9.84. The van der Waals surface area contributed by atoms with Crippen LogP contribution in [0.3, 0.4) is 0 Å². The molecule has 0 aromatic rings. The molecule has 0 radical (unpaired) electrons. The molecule has 0 spiro atoms. The highest BCUT2D eigenvalue weighted by Gasteiger charge is 2.34. The number of carbonyl (C=O) groups is 3. The summed E-state index contributed by atoms with van der Waals surface area (Å²) in [5, 5.41) is 0. The highest BCUT2D eigenvalue weighted by molar-refractivity contribution is 5.86. The van der Waals surface area contributed by atoms with E-state index in [1.54, 1.807) is 0 Å². The molecule has 1 aliphatic rings. The van der Waals surface area contributed by atoms with Crippen molar-refractivity contribution >= 4 is 18.5 Å². The second-order valence-electron chi connectivity index (χ2n) is 2.72. The molecule has 1 saturated heterocycles. The van der Waals surface area contributed by atoms with Gasteiger partial charge in [-0.1, -0.05) is 0 Å². The first-order valence-electron chi connectivity index (χ1n) is 3.87. The average molecular weight is 186 g/mol. The smallest absolute Gasteiger partial charge is 0.336 e. The van der Waals surface area contributed by atoms with Gasteiger partial charge in [0.2, 0.25) is 0 Å². The molecule has 72 valence electrons. The largest absolute Gasteiger partial charge is 0.394 e. The van der Waals surface area contributed by atoms with Crippen LogP contribution >= 0.6 is 0 Å². The van der Waals surface area contributed by atoms with Crippen LogP contribution in [-0.2, 0) is 14.3 Å². The predicted octanol–water partition coefficient (Wildman–Crippen LogP) is -0.771. The summed E-state index contributed by atoms with van der Waals surface area (Å²) in [5.74, 6) is -0.716. The Labute approximate surface area is 74.6 Å². The number of hydrogen-bond donors (Lipinski definition) is 1. The summed E-state index contributed by atoms with van der Waals surface area (Å²) in [6, 6.07) is -1.35. The number of rotatable bonds is 2. The van der Waals surface area contributed by atoms with Crippen molar-refractivity contribution in [1.82, 2.24) is 4.90 Å². The van der Waals surface area contributed by atoms with Gasteiger partial charge in [0.15, 0.2) is 0 Å². The molecule has 1 aliphatic heterocycles. The van der Waals surface area contributed by atoms with Crippen LogP contribution in [0.5, 0.6) is 0 Å². The summed E-state index contributed by atoms with van der Waals surface area (Å²) in [4.78, 5) is 32.9. The zero-order valence-corrected chi connectivity index (χ0v) is 6.93. The molecule has 2 amide bonds. The fourth-order valence-corrected chi connectivity index (χ4v) is 1.40. The Morgan fingerprint density at radius 2 is 2.23 bits per heavy atom. The number of ether oxygens (including phenoxy) is 1. The number of primary amides is 1. The molecule has 1 atom stereocenters. The number of amides is 2. The molecule has 1 fully saturated rings. The molecular weight excluding hydrogens is 176 g/mol. The van der Waals surface area contributed by atoms with Gasteiger partial charge in [-0.05, 0) is 12.8 Å². The Balaban J connectivity index is 2.62. The molecule has 6 heteroatoms. The Kier molecular flexibility index (Phi) is 2.84. The van der Waals surface area contributed by atoms with Crippen molar-refractivity contribution in [2.75, 3.05) is 6.54 Å². The quantitative estimate of drug-likeness (QED) is 0.348. The van der Waals surface area contributed by atoms with Crippen molar-refractivity contribution in [3.8, 4) is 0 Å². The van der Waals surface area contributed by atoms with E-state index in [1.165, 1.54) is 4.90 Å². The third-order valence-electron chi connectivity index (χ3n) is 1.97. The fraction of sp³-hybridized carbons (Fsp3) is 0.571. The number of urea groups is 1. The molecule has 0 aromatic carbocycles. The maximum atomic E-state index is 11.1. The van der Waals surface area contributed by atoms with E-state index < -0.39 is 18.0 Å². The van der Waals surface area contributed by atoms with Gasteiger partial charge in [-0.2, -0.15) is 0 Å². The number of hydrogen-bond acceptors (Lipinski definition) is 4. The van der Waals surface area contributed by atoms with Crippen molar-refractivity contribution in [2.24, 2.45) is 5.73 Å². The molecule has 1 heterocycles. The zero-order valence-electron chi connectivity index (χ0n) is 6.93. The van der Waals surface area contributed by atoms with E-state index >= 15 is 0 Å². The first-order valence-corrected chi connectivity index (χ1v) is 3.87. The van der Waals surface area contributed by atoms with E-state index in [1.807, 2.05) is 0 Å². The highest BCUT2D eigenvalue weighted by atomic mass is 16.6. The topological polar surface area (TPSA) is 89.7 Å². The van der Waals surface area contributed by atoms with Crippen molar-refractivity contribution in [1.29, 1.82) is 0 Å². The van der Waals surface area contributed by atoms with Crippen LogP contribution < -0.4 is 5.73 Å². The standard InChI is InChI=1S/C7H10N2O4/c8-7(12)9-3-1-2-5(9)6(11)13-4-10/h4-5H,1-3H2,(H2,8,12)/t5-/m0/s1. The van der Waals surface area contributed by atoms with E-state index in [2.05, 4.69) is 4.74 Å². The van der Waals surface area contributed by atoms with Gasteiger partial charge in [-0.15, -0.1) is 0 Å². The van der Waals surface area contributed by atoms with Crippen LogP contribution in [0.2, 0.25) is 0 Å². The van der Waals surface area contributed by atoms with E-state index in [9.17, 15) is 14.4 Å². The van der Waals surface area contributed by atoms with Crippen LogP contribution in [0.25, 0.3) is 0 Å². The molecule has 0 bridgehead atoms. The van der Waals surface area contributed by atoms with Gasteiger partial charge >= 0.3 is 18.5 Å². The molecule has 0 saturated carbocycles. The van der Waals surface area contributed by atoms with E-state index in [0.29, 0.717) is 19.4 Å². The number of likely N-dealkylation sites (tertiary alicyclic amines) is 1. The number of carbonyl (C=O) groups excluding carboxylic acids is 3. The van der Waals surface area contributed by atoms with E-state index in [4.69, 9.17) is 5.73 Å². The summed E-state index contributed by atoms with van der Waals surface area (Å²) in [6.07, 6.45) is 1.19. The first kappa shape index (κ1) is 9.50. The van der Waals surface area contributed by atoms with Gasteiger partial charge in [0, 0.05) is 6.54 Å². The lowest BCUT2D eigenvalue weighted by molar-refractivity contribution is -0.154. The van der Waals surface area contributed by atoms with E-state index in [0.717, 1.165) is 0 Å². The molecule has 1 rings (SSSR count). The van der Waals surface area contributed by atoms with Gasteiger partial charge in [0.05, 0.1) is 0 Å². The Bertz CT molecular complexity index is 241. The van der Waals surface area contributed by atoms with Crippen LogP contribution in [-0.4, -0.2) is 36.0 Å². The molecule has 13 heavy (non-hydrogen) atoms. The highest BCUT2D eigenvalue weighted by Crippen LogP contribution is 2.17. The number of esters is 1. The minimum Gasteiger partial charge on any atom is -0.394 e. The lowest BCUT2D eigenvalue weighted by Gasteiger charge is -2.19. The predicted molar refractivity (Wildman–Crippen MR) is 41.5 cm³/mol. The number of nitrogens with two attached hydrogens (primary N) is 1. The average Bonchev–Trinajstić information content (AvgIpc) is 2.52. The van der Waals surface area contributed by atoms with Crippen LogP contribution in [0.1, 0.15) is 12.8 Å². The first-order chi connectivity index (χ1) is 6.16. The van der Waals surface area contributed by atoms with Gasteiger partial charge in [-0.25, -0.2) is 9.59 Å². The normalized spacial score (nSPS) is 21.2. The Hall–Kier alpha value is -1.59. The third-order valence-corrected chi connectivity index (χ3v) is 1.97. The van der Waals surface area contributed by atoms with Crippen molar-refractivity contribution in [2.45, 2.75) is 18.9 Å². The molecule has 0 aliphatic carbocycles. The summed E-state index contributed by atoms with van der Waals surface area (Å²) in [6.45, 7) is 0.494. The lowest BCUT2D eigenvalue weighted by Crippen LogP contribution is -2.44. The second kappa shape index (κ2) is 3.88. The maximum Gasteiger partial charge on any atom is 0.336 e. The fourth-order valence-electron chi connectivity index (χ4n) is 1.40. The van der Waals surface area contributed by atoms with Gasteiger partial charge in [0.1, 0.15) is 6.04 Å². The Morgan fingerprint density at radius 3 is 2.77 bits per heavy atom. The minimum absolute atomic E-state index is 0.0554. The van der Waals surface area contributed by atoms with Gasteiger partial charge in [0.25, 0.3) is 0 Å². The molecule has 6 nitrogen and oxygen atoms in total. The second-order valence-corrected chi connectivity index (χ2v) is 2.72. The molecular formula is C7H10N2O4. The summed E-state index contributed by atoms with van der Waals surface area (Å²) in [7, 11) is 0. The monoisotopic (exact) mass is 186 g/mol. The van der Waals surface area contributed by atoms with E-state index in [-0.39, 0.29) is 6.47 Å². The summed E-state index contributed by atoms with van der Waals surface area (Å²) in [5.41, 5.74) is 5.01. The Morgan fingerprint density at radius 1 is 1.54 bits per heavy atom. The van der Waals surface area contributed by atoms with Gasteiger partial charge < -0.3 is 15.4 Å². The van der Waals surface area contributed by atoms with Crippen LogP contribution in [0, 0.1) is 0 Å². The molecule has 0 unspecified atom stereocenters. The van der Waals surface area contributed by atoms with Crippen molar-refractivity contribution < 1.29 is 19.1 Å². The summed E-state index contributed by atoms with van der Waals surface area (Å²) >= 11 is 0. The maximum absolute atomic E-state index is 11.1.